The zero-order chi connectivity index (χ0) is 17.5. The van der Waals surface area contributed by atoms with Crippen molar-refractivity contribution in [3.05, 3.63) is 51.2 Å². The number of carbonyl (C=O) groups is 2. The molecule has 0 aliphatic heterocycles. The van der Waals surface area contributed by atoms with Crippen molar-refractivity contribution in [1.82, 2.24) is 5.32 Å². The van der Waals surface area contributed by atoms with E-state index in [9.17, 15) is 18.4 Å². The second-order valence-electron chi connectivity index (χ2n) is 4.79. The summed E-state index contributed by atoms with van der Waals surface area (Å²) >= 11 is 6.92. The number of halogens is 3. The van der Waals surface area contributed by atoms with Crippen molar-refractivity contribution in [3.8, 4) is 5.75 Å². The predicted octanol–water partition coefficient (Wildman–Crippen LogP) is 4.28. The molecular weight excluding hydrogens is 360 g/mol. The fraction of sp³-hybridized carbons (Fsp3) is 0.250. The highest BCUT2D eigenvalue weighted by Crippen LogP contribution is 2.23. The highest BCUT2D eigenvalue weighted by atomic mass is 35.5. The van der Waals surface area contributed by atoms with Gasteiger partial charge in [0.25, 0.3) is 0 Å². The van der Waals surface area contributed by atoms with E-state index in [1.54, 1.807) is 30.3 Å². The lowest BCUT2D eigenvalue weighted by molar-refractivity contribution is -0.121. The molecule has 1 N–H and O–H groups in total. The average Bonchev–Trinajstić information content (AvgIpc) is 2.98. The van der Waals surface area contributed by atoms with Gasteiger partial charge in [-0.15, -0.1) is 11.3 Å². The van der Waals surface area contributed by atoms with E-state index in [2.05, 4.69) is 10.1 Å². The normalized spacial score (nSPS) is 10.7. The molecule has 0 atom stereocenters. The Bertz CT molecular complexity index is 721. The third-order valence-corrected chi connectivity index (χ3v) is 4.36. The van der Waals surface area contributed by atoms with Gasteiger partial charge >= 0.3 is 6.61 Å². The first-order chi connectivity index (χ1) is 11.5. The molecule has 8 heteroatoms. The number of carbonyl (C=O) groups excluding carboxylic acids is 2. The van der Waals surface area contributed by atoms with Crippen LogP contribution in [0.1, 0.15) is 28.1 Å². The van der Waals surface area contributed by atoms with Gasteiger partial charge in [-0.05, 0) is 18.2 Å². The lowest BCUT2D eigenvalue weighted by atomic mass is 10.1. The van der Waals surface area contributed by atoms with Crippen molar-refractivity contribution in [1.29, 1.82) is 0 Å². The van der Waals surface area contributed by atoms with Gasteiger partial charge in [-0.25, -0.2) is 0 Å². The first-order valence-electron chi connectivity index (χ1n) is 7.03. The molecule has 24 heavy (non-hydrogen) atoms. The van der Waals surface area contributed by atoms with Gasteiger partial charge in [0.15, 0.2) is 5.78 Å². The molecule has 1 amide bonds. The number of ketones is 1. The van der Waals surface area contributed by atoms with Gasteiger partial charge in [0.2, 0.25) is 5.91 Å². The Hall–Kier alpha value is -1.99. The molecular formula is C16H14ClF2NO3S. The number of thiophene rings is 1. The number of hydrogen-bond acceptors (Lipinski definition) is 4. The van der Waals surface area contributed by atoms with Crippen LogP contribution in [0.5, 0.6) is 5.75 Å². The Kier molecular flexibility index (Phi) is 6.69. The standard InChI is InChI=1S/C16H14ClF2NO3S/c17-14-7-6-13(24-14)11(21)5-8-15(22)20-9-10-3-1-2-4-12(10)23-16(18)19/h1-4,6-7,16H,5,8-9H2,(H,20,22). The number of nitrogens with one attached hydrogen (secondary N) is 1. The van der Waals surface area contributed by atoms with Gasteiger partial charge in [0, 0.05) is 24.9 Å². The van der Waals surface area contributed by atoms with Crippen LogP contribution in [0.25, 0.3) is 0 Å². The molecule has 0 saturated carbocycles. The second-order valence-corrected chi connectivity index (χ2v) is 6.50. The van der Waals surface area contributed by atoms with Gasteiger partial charge in [0.1, 0.15) is 5.75 Å². The van der Waals surface area contributed by atoms with Crippen LogP contribution in [0.2, 0.25) is 4.34 Å². The molecule has 4 nitrogen and oxygen atoms in total. The van der Waals surface area contributed by atoms with Crippen molar-refractivity contribution < 1.29 is 23.1 Å². The molecule has 1 aromatic carbocycles. The van der Waals surface area contributed by atoms with Gasteiger partial charge in [0.05, 0.1) is 9.21 Å². The van der Waals surface area contributed by atoms with Crippen molar-refractivity contribution in [3.63, 3.8) is 0 Å². The third-order valence-electron chi connectivity index (χ3n) is 3.09. The topological polar surface area (TPSA) is 55.4 Å². The highest BCUT2D eigenvalue weighted by Gasteiger charge is 2.13. The van der Waals surface area contributed by atoms with Crippen molar-refractivity contribution in [2.45, 2.75) is 26.0 Å². The van der Waals surface area contributed by atoms with E-state index in [-0.39, 0.29) is 36.8 Å². The molecule has 0 unspecified atom stereocenters. The SMILES string of the molecule is O=C(CCC(=O)c1ccc(Cl)s1)NCc1ccccc1OC(F)F. The van der Waals surface area contributed by atoms with Crippen molar-refractivity contribution in [2.75, 3.05) is 0 Å². The maximum absolute atomic E-state index is 12.3. The first-order valence-corrected chi connectivity index (χ1v) is 8.23. The molecule has 1 aromatic heterocycles. The number of ether oxygens (including phenoxy) is 1. The van der Waals surface area contributed by atoms with Crippen molar-refractivity contribution >= 4 is 34.6 Å². The van der Waals surface area contributed by atoms with Gasteiger partial charge in [-0.2, -0.15) is 8.78 Å². The number of benzene rings is 1. The summed E-state index contributed by atoms with van der Waals surface area (Å²) in [6.45, 7) is -2.89. The van der Waals surface area contributed by atoms with E-state index >= 15 is 0 Å². The summed E-state index contributed by atoms with van der Waals surface area (Å²) in [5.74, 6) is -0.501. The summed E-state index contributed by atoms with van der Waals surface area (Å²) in [6, 6.07) is 9.44. The van der Waals surface area contributed by atoms with Crippen LogP contribution in [0, 0.1) is 0 Å². The van der Waals surface area contributed by atoms with Crippen LogP contribution in [0.15, 0.2) is 36.4 Å². The van der Waals surface area contributed by atoms with Gasteiger partial charge in [-0.1, -0.05) is 29.8 Å². The minimum atomic E-state index is -2.93. The fourth-order valence-electron chi connectivity index (χ4n) is 1.96. The molecule has 0 bridgehead atoms. The Labute approximate surface area is 146 Å². The number of amides is 1. The maximum atomic E-state index is 12.3. The Morgan fingerprint density at radius 1 is 1.17 bits per heavy atom. The second kappa shape index (κ2) is 8.75. The van der Waals surface area contributed by atoms with E-state index in [0.717, 1.165) is 11.3 Å². The number of hydrogen-bond donors (Lipinski definition) is 1. The smallest absolute Gasteiger partial charge is 0.387 e. The van der Waals surface area contributed by atoms with E-state index in [4.69, 9.17) is 11.6 Å². The fourth-order valence-corrected chi connectivity index (χ4v) is 2.97. The summed E-state index contributed by atoms with van der Waals surface area (Å²) in [5.41, 5.74) is 0.433. The maximum Gasteiger partial charge on any atom is 0.387 e. The Balaban J connectivity index is 1.82. The monoisotopic (exact) mass is 373 g/mol. The van der Waals surface area contributed by atoms with Crippen LogP contribution in [0.3, 0.4) is 0 Å². The molecule has 2 rings (SSSR count). The summed E-state index contributed by atoms with van der Waals surface area (Å²) < 4.78 is 29.5. The lowest BCUT2D eigenvalue weighted by Gasteiger charge is -2.11. The lowest BCUT2D eigenvalue weighted by Crippen LogP contribution is -2.23. The minimum absolute atomic E-state index is 0.00617. The molecule has 0 aliphatic rings. The number of para-hydroxylation sites is 1. The predicted molar refractivity (Wildman–Crippen MR) is 87.8 cm³/mol. The van der Waals surface area contributed by atoms with Crippen LogP contribution in [0.4, 0.5) is 8.78 Å². The number of Topliss-reactive ketones (excluding diaryl/α,β-unsaturated/α-hetero) is 1. The summed E-state index contributed by atoms with van der Waals surface area (Å²) in [7, 11) is 0. The molecule has 2 aromatic rings. The molecule has 0 spiro atoms. The van der Waals surface area contributed by atoms with Crippen molar-refractivity contribution in [2.24, 2.45) is 0 Å². The minimum Gasteiger partial charge on any atom is -0.434 e. The average molecular weight is 374 g/mol. The zero-order valence-corrected chi connectivity index (χ0v) is 14.0. The molecule has 0 aliphatic carbocycles. The summed E-state index contributed by atoms with van der Waals surface area (Å²) in [6.07, 6.45) is 0.0596. The summed E-state index contributed by atoms with van der Waals surface area (Å²) in [5, 5.41) is 2.59. The van der Waals surface area contributed by atoms with E-state index in [1.165, 1.54) is 6.07 Å². The van der Waals surface area contributed by atoms with E-state index in [1.807, 2.05) is 0 Å². The number of alkyl halides is 2. The molecule has 0 fully saturated rings. The Morgan fingerprint density at radius 3 is 2.58 bits per heavy atom. The van der Waals surface area contributed by atoms with Crippen LogP contribution >= 0.6 is 22.9 Å². The molecule has 1 heterocycles. The van der Waals surface area contributed by atoms with Gasteiger partial charge < -0.3 is 10.1 Å². The third kappa shape index (κ3) is 5.58. The van der Waals surface area contributed by atoms with Crippen LogP contribution in [-0.2, 0) is 11.3 Å². The van der Waals surface area contributed by atoms with Crippen LogP contribution < -0.4 is 10.1 Å². The molecule has 0 saturated heterocycles. The quantitative estimate of drug-likeness (QED) is 0.702. The highest BCUT2D eigenvalue weighted by molar-refractivity contribution is 7.18. The van der Waals surface area contributed by atoms with Crippen LogP contribution in [-0.4, -0.2) is 18.3 Å². The first kappa shape index (κ1) is 18.4. The molecule has 0 radical (unpaired) electrons. The van der Waals surface area contributed by atoms with E-state index < -0.39 is 6.61 Å². The largest absolute Gasteiger partial charge is 0.434 e. The van der Waals surface area contributed by atoms with E-state index in [0.29, 0.717) is 14.8 Å². The van der Waals surface area contributed by atoms with Gasteiger partial charge in [-0.3, -0.25) is 9.59 Å². The molecule has 128 valence electrons. The Morgan fingerprint density at radius 2 is 1.92 bits per heavy atom. The number of rotatable bonds is 8. The zero-order valence-electron chi connectivity index (χ0n) is 12.4. The summed E-state index contributed by atoms with van der Waals surface area (Å²) in [4.78, 5) is 24.2.